The molecular formula is C22H27Cl3N2O2. The average Bonchev–Trinajstić information content (AvgIpc) is 3.13. The van der Waals surface area contributed by atoms with E-state index in [1.165, 1.54) is 0 Å². The molecule has 2 heterocycles. The molecule has 1 N–H and O–H groups in total. The number of benzene rings is 2. The van der Waals surface area contributed by atoms with Crippen molar-refractivity contribution in [3.05, 3.63) is 70.9 Å². The topological polar surface area (TPSA) is 37.6 Å². The molecule has 1 aliphatic heterocycles. The molecule has 1 aromatic heterocycles. The maximum Gasteiger partial charge on any atom is 0.134 e. The third-order valence-corrected chi connectivity index (χ3v) is 5.29. The SMILES string of the molecule is Cl.Cl.Clc1ccc(C(NCCCN2CCOCC2)c2cc3ccccc3o2)cc1. The van der Waals surface area contributed by atoms with E-state index in [9.17, 15) is 0 Å². The minimum atomic E-state index is 0. The molecule has 4 rings (SSSR count). The number of para-hydroxylation sites is 1. The monoisotopic (exact) mass is 456 g/mol. The molecule has 0 bridgehead atoms. The van der Waals surface area contributed by atoms with Crippen molar-refractivity contribution in [3.8, 4) is 0 Å². The first kappa shape index (κ1) is 24.0. The predicted octanol–water partition coefficient (Wildman–Crippen LogP) is 5.33. The molecule has 1 atom stereocenters. The first-order chi connectivity index (χ1) is 13.3. The Morgan fingerprint density at radius 1 is 1.00 bits per heavy atom. The van der Waals surface area contributed by atoms with Gasteiger partial charge in [0.2, 0.25) is 0 Å². The molecule has 1 saturated heterocycles. The van der Waals surface area contributed by atoms with Crippen LogP contribution in [0.3, 0.4) is 0 Å². The Balaban J connectivity index is 0.00000150. The Morgan fingerprint density at radius 2 is 1.72 bits per heavy atom. The van der Waals surface area contributed by atoms with Crippen LogP contribution in [0.4, 0.5) is 0 Å². The number of rotatable bonds is 7. The lowest BCUT2D eigenvalue weighted by molar-refractivity contribution is 0.0374. The average molecular weight is 458 g/mol. The van der Waals surface area contributed by atoms with Gasteiger partial charge in [0.15, 0.2) is 0 Å². The molecule has 2 aromatic carbocycles. The van der Waals surface area contributed by atoms with Gasteiger partial charge < -0.3 is 14.5 Å². The lowest BCUT2D eigenvalue weighted by atomic mass is 10.0. The predicted molar refractivity (Wildman–Crippen MR) is 124 cm³/mol. The number of nitrogens with zero attached hydrogens (tertiary/aromatic N) is 1. The minimum Gasteiger partial charge on any atom is -0.459 e. The first-order valence-electron chi connectivity index (χ1n) is 9.57. The Kier molecular flexibility index (Phi) is 9.76. The van der Waals surface area contributed by atoms with E-state index >= 15 is 0 Å². The van der Waals surface area contributed by atoms with Crippen LogP contribution in [-0.2, 0) is 4.74 Å². The van der Waals surface area contributed by atoms with Crippen LogP contribution >= 0.6 is 36.4 Å². The zero-order valence-corrected chi connectivity index (χ0v) is 18.6. The highest BCUT2D eigenvalue weighted by Crippen LogP contribution is 2.29. The molecule has 7 heteroatoms. The van der Waals surface area contributed by atoms with Crippen molar-refractivity contribution >= 4 is 47.4 Å². The van der Waals surface area contributed by atoms with Gasteiger partial charge in [-0.05, 0) is 49.3 Å². The van der Waals surface area contributed by atoms with Crippen LogP contribution in [0.5, 0.6) is 0 Å². The summed E-state index contributed by atoms with van der Waals surface area (Å²) in [6.45, 7) is 5.76. The number of furan rings is 1. The summed E-state index contributed by atoms with van der Waals surface area (Å²) in [6.07, 6.45) is 1.09. The van der Waals surface area contributed by atoms with Crippen molar-refractivity contribution in [1.29, 1.82) is 0 Å². The van der Waals surface area contributed by atoms with Crippen LogP contribution in [-0.4, -0.2) is 44.3 Å². The van der Waals surface area contributed by atoms with Gasteiger partial charge in [0, 0.05) is 23.5 Å². The van der Waals surface area contributed by atoms with Crippen LogP contribution in [0.2, 0.25) is 5.02 Å². The highest BCUT2D eigenvalue weighted by atomic mass is 35.5. The van der Waals surface area contributed by atoms with Gasteiger partial charge in [0.05, 0.1) is 19.3 Å². The lowest BCUT2D eigenvalue weighted by Gasteiger charge is -2.26. The summed E-state index contributed by atoms with van der Waals surface area (Å²) in [5.41, 5.74) is 2.08. The summed E-state index contributed by atoms with van der Waals surface area (Å²) in [6, 6.07) is 18.3. The van der Waals surface area contributed by atoms with Crippen molar-refractivity contribution in [2.24, 2.45) is 0 Å². The Morgan fingerprint density at radius 3 is 2.45 bits per heavy atom. The molecule has 4 nitrogen and oxygen atoms in total. The number of halogens is 3. The van der Waals surface area contributed by atoms with E-state index in [0.29, 0.717) is 0 Å². The molecule has 0 saturated carbocycles. The number of hydrogen-bond donors (Lipinski definition) is 1. The zero-order chi connectivity index (χ0) is 18.5. The standard InChI is InChI=1S/C22H25ClN2O2.2ClH/c23-19-8-6-17(7-9-19)22(21-16-18-4-1-2-5-20(18)27-21)24-10-3-11-25-12-14-26-15-13-25;;/h1-2,4-9,16,22,24H,3,10-15H2;2*1H. The normalized spacial score (nSPS) is 15.5. The molecule has 1 unspecified atom stereocenters. The van der Waals surface area contributed by atoms with Crippen LogP contribution < -0.4 is 5.32 Å². The molecule has 29 heavy (non-hydrogen) atoms. The van der Waals surface area contributed by atoms with Gasteiger partial charge in [-0.1, -0.05) is 41.9 Å². The summed E-state index contributed by atoms with van der Waals surface area (Å²) < 4.78 is 11.6. The van der Waals surface area contributed by atoms with Crippen LogP contribution in [0, 0.1) is 0 Å². The second-order valence-corrected chi connectivity index (χ2v) is 7.37. The van der Waals surface area contributed by atoms with E-state index in [1.54, 1.807) is 0 Å². The second kappa shape index (κ2) is 11.8. The molecule has 0 aliphatic carbocycles. The molecule has 158 valence electrons. The molecule has 3 aromatic rings. The highest BCUT2D eigenvalue weighted by Gasteiger charge is 2.18. The van der Waals surface area contributed by atoms with Crippen molar-refractivity contribution in [3.63, 3.8) is 0 Å². The van der Waals surface area contributed by atoms with Gasteiger partial charge in [-0.25, -0.2) is 0 Å². The number of hydrogen-bond acceptors (Lipinski definition) is 4. The Labute approximate surface area is 189 Å². The van der Waals surface area contributed by atoms with Crippen LogP contribution in [0.15, 0.2) is 59.0 Å². The summed E-state index contributed by atoms with van der Waals surface area (Å²) >= 11 is 6.08. The van der Waals surface area contributed by atoms with Gasteiger partial charge in [-0.2, -0.15) is 0 Å². The van der Waals surface area contributed by atoms with Gasteiger partial charge >= 0.3 is 0 Å². The first-order valence-corrected chi connectivity index (χ1v) is 9.95. The maximum absolute atomic E-state index is 6.14. The summed E-state index contributed by atoms with van der Waals surface area (Å²) in [5, 5.41) is 5.55. The number of nitrogens with one attached hydrogen (secondary N) is 1. The van der Waals surface area contributed by atoms with Gasteiger partial charge in [0.25, 0.3) is 0 Å². The van der Waals surface area contributed by atoms with Crippen molar-refractivity contribution in [1.82, 2.24) is 10.2 Å². The van der Waals surface area contributed by atoms with E-state index in [-0.39, 0.29) is 30.9 Å². The molecule has 0 spiro atoms. The fourth-order valence-corrected chi connectivity index (χ4v) is 3.68. The lowest BCUT2D eigenvalue weighted by Crippen LogP contribution is -2.38. The molecule has 0 radical (unpaired) electrons. The van der Waals surface area contributed by atoms with E-state index in [0.717, 1.165) is 73.1 Å². The van der Waals surface area contributed by atoms with Crippen LogP contribution in [0.25, 0.3) is 11.0 Å². The summed E-state index contributed by atoms with van der Waals surface area (Å²) in [7, 11) is 0. The molecular weight excluding hydrogens is 431 g/mol. The minimum absolute atomic E-state index is 0. The fourth-order valence-electron chi connectivity index (χ4n) is 3.56. The molecule has 1 aliphatic rings. The third-order valence-electron chi connectivity index (χ3n) is 5.04. The van der Waals surface area contributed by atoms with Crippen molar-refractivity contribution < 1.29 is 9.15 Å². The van der Waals surface area contributed by atoms with Crippen molar-refractivity contribution in [2.45, 2.75) is 12.5 Å². The quantitative estimate of drug-likeness (QED) is 0.487. The van der Waals surface area contributed by atoms with E-state index in [2.05, 4.69) is 34.5 Å². The Hall–Kier alpha value is -1.27. The number of ether oxygens (including phenoxy) is 1. The van der Waals surface area contributed by atoms with E-state index < -0.39 is 0 Å². The van der Waals surface area contributed by atoms with Gasteiger partial charge in [-0.15, -0.1) is 24.8 Å². The highest BCUT2D eigenvalue weighted by molar-refractivity contribution is 6.30. The van der Waals surface area contributed by atoms with Gasteiger partial charge in [0.1, 0.15) is 11.3 Å². The smallest absolute Gasteiger partial charge is 0.134 e. The second-order valence-electron chi connectivity index (χ2n) is 6.93. The van der Waals surface area contributed by atoms with Crippen molar-refractivity contribution in [2.75, 3.05) is 39.4 Å². The fraction of sp³-hybridized carbons (Fsp3) is 0.364. The van der Waals surface area contributed by atoms with E-state index in [1.807, 2.05) is 30.3 Å². The number of fused-ring (bicyclic) bond motifs is 1. The number of morpholine rings is 1. The summed E-state index contributed by atoms with van der Waals surface area (Å²) in [4.78, 5) is 2.46. The van der Waals surface area contributed by atoms with Crippen LogP contribution in [0.1, 0.15) is 23.8 Å². The van der Waals surface area contributed by atoms with Gasteiger partial charge in [-0.3, -0.25) is 4.90 Å². The molecule has 0 amide bonds. The van der Waals surface area contributed by atoms with E-state index in [4.69, 9.17) is 20.8 Å². The molecule has 1 fully saturated rings. The third kappa shape index (κ3) is 6.35. The summed E-state index contributed by atoms with van der Waals surface area (Å²) in [5.74, 6) is 0.935. The maximum atomic E-state index is 6.14. The Bertz CT molecular complexity index is 831. The largest absolute Gasteiger partial charge is 0.459 e. The zero-order valence-electron chi connectivity index (χ0n) is 16.2.